The first-order valence-corrected chi connectivity index (χ1v) is 9.80. The molecule has 23 heavy (non-hydrogen) atoms. The van der Waals surface area contributed by atoms with Gasteiger partial charge in [0, 0.05) is 18.6 Å². The van der Waals surface area contributed by atoms with Crippen LogP contribution in [0.4, 0.5) is 4.79 Å². The second kappa shape index (κ2) is 7.27. The van der Waals surface area contributed by atoms with Crippen LogP contribution in [-0.4, -0.2) is 29.6 Å². The molecule has 2 fully saturated rings. The minimum atomic E-state index is 0.185. The Balaban J connectivity index is 1.62. The molecule has 0 saturated heterocycles. The fourth-order valence-electron chi connectivity index (χ4n) is 4.66. The predicted octanol–water partition coefficient (Wildman–Crippen LogP) is 4.59. The van der Waals surface area contributed by atoms with E-state index in [2.05, 4.69) is 43.1 Å². The van der Waals surface area contributed by atoms with Crippen molar-refractivity contribution in [3.8, 4) is 0 Å². The van der Waals surface area contributed by atoms with Gasteiger partial charge >= 0.3 is 6.03 Å². The lowest BCUT2D eigenvalue weighted by Crippen LogP contribution is -2.52. The summed E-state index contributed by atoms with van der Waals surface area (Å²) in [6.45, 7) is 7.61. The monoisotopic (exact) mass is 318 g/mol. The maximum atomic E-state index is 12.9. The molecule has 0 aromatic heterocycles. The molecule has 0 aliphatic heterocycles. The molecule has 0 spiro atoms. The summed E-state index contributed by atoms with van der Waals surface area (Å²) in [5, 5.41) is 3.34. The van der Waals surface area contributed by atoms with Gasteiger partial charge in [-0.1, -0.05) is 45.3 Å². The van der Waals surface area contributed by atoms with Crippen LogP contribution in [0.2, 0.25) is 0 Å². The third kappa shape index (κ3) is 3.92. The number of fused-ring (bicyclic) bond motifs is 2. The van der Waals surface area contributed by atoms with E-state index in [-0.39, 0.29) is 6.03 Å². The molecule has 1 N–H and O–H groups in total. The molecular formula is C20H34N2O. The average Bonchev–Trinajstić information content (AvgIpc) is 3.15. The highest BCUT2D eigenvalue weighted by Gasteiger charge is 2.38. The topological polar surface area (TPSA) is 32.3 Å². The SMILES string of the molecule is CC(C)C(C)N(CC1CC2C=CC1C2)C(=O)NC1CCCCC1. The highest BCUT2D eigenvalue weighted by Crippen LogP contribution is 2.44. The van der Waals surface area contributed by atoms with Crippen molar-refractivity contribution in [2.45, 2.75) is 77.8 Å². The first-order valence-electron chi connectivity index (χ1n) is 9.80. The van der Waals surface area contributed by atoms with Gasteiger partial charge in [0.25, 0.3) is 0 Å². The maximum Gasteiger partial charge on any atom is 0.317 e. The highest BCUT2D eigenvalue weighted by molar-refractivity contribution is 5.75. The number of allylic oxidation sites excluding steroid dienone is 2. The number of carbonyl (C=O) groups is 1. The van der Waals surface area contributed by atoms with Crippen molar-refractivity contribution in [2.75, 3.05) is 6.54 Å². The number of hydrogen-bond acceptors (Lipinski definition) is 1. The molecule has 2 saturated carbocycles. The fraction of sp³-hybridized carbons (Fsp3) is 0.850. The number of nitrogens with zero attached hydrogens (tertiary/aromatic N) is 1. The van der Waals surface area contributed by atoms with E-state index in [1.807, 2.05) is 0 Å². The Morgan fingerprint density at radius 2 is 1.87 bits per heavy atom. The van der Waals surface area contributed by atoms with E-state index in [1.54, 1.807) is 0 Å². The second-order valence-corrected chi connectivity index (χ2v) is 8.46. The van der Waals surface area contributed by atoms with Crippen molar-refractivity contribution < 1.29 is 4.79 Å². The van der Waals surface area contributed by atoms with Gasteiger partial charge in [-0.05, 0) is 56.3 Å². The quantitative estimate of drug-likeness (QED) is 0.739. The Labute approximate surface area is 141 Å². The van der Waals surface area contributed by atoms with Crippen LogP contribution in [0.5, 0.6) is 0 Å². The van der Waals surface area contributed by atoms with E-state index in [0.717, 1.165) is 25.3 Å². The van der Waals surface area contributed by atoms with Crippen LogP contribution in [0, 0.1) is 23.7 Å². The molecule has 130 valence electrons. The highest BCUT2D eigenvalue weighted by atomic mass is 16.2. The summed E-state index contributed by atoms with van der Waals surface area (Å²) in [7, 11) is 0. The van der Waals surface area contributed by atoms with E-state index in [1.165, 1.54) is 32.1 Å². The fourth-order valence-corrected chi connectivity index (χ4v) is 4.66. The molecule has 0 aromatic carbocycles. The Bertz CT molecular complexity index is 439. The Morgan fingerprint density at radius 3 is 2.43 bits per heavy atom. The number of nitrogens with one attached hydrogen (secondary N) is 1. The molecule has 2 bridgehead atoms. The summed E-state index contributed by atoms with van der Waals surface area (Å²) in [6.07, 6.45) is 13.6. The lowest BCUT2D eigenvalue weighted by atomic mass is 9.91. The lowest BCUT2D eigenvalue weighted by molar-refractivity contribution is 0.138. The smallest absolute Gasteiger partial charge is 0.317 e. The summed E-state index contributed by atoms with van der Waals surface area (Å²) in [6, 6.07) is 0.893. The Hall–Kier alpha value is -0.990. The van der Waals surface area contributed by atoms with Gasteiger partial charge in [0.05, 0.1) is 0 Å². The van der Waals surface area contributed by atoms with Crippen LogP contribution in [-0.2, 0) is 0 Å². The van der Waals surface area contributed by atoms with E-state index >= 15 is 0 Å². The summed E-state index contributed by atoms with van der Waals surface area (Å²) in [4.78, 5) is 15.1. The van der Waals surface area contributed by atoms with Gasteiger partial charge in [-0.25, -0.2) is 4.79 Å². The maximum absolute atomic E-state index is 12.9. The van der Waals surface area contributed by atoms with Gasteiger partial charge in [0.15, 0.2) is 0 Å². The van der Waals surface area contributed by atoms with Gasteiger partial charge in [0.1, 0.15) is 0 Å². The van der Waals surface area contributed by atoms with Crippen molar-refractivity contribution in [3.05, 3.63) is 12.2 Å². The Morgan fingerprint density at radius 1 is 1.13 bits per heavy atom. The number of hydrogen-bond donors (Lipinski definition) is 1. The molecule has 4 unspecified atom stereocenters. The summed E-state index contributed by atoms with van der Waals surface area (Å²) in [5.41, 5.74) is 0. The molecule has 0 heterocycles. The normalized spacial score (nSPS) is 31.6. The zero-order valence-electron chi connectivity index (χ0n) is 15.1. The summed E-state index contributed by atoms with van der Waals surface area (Å²) < 4.78 is 0. The molecule has 3 aliphatic rings. The van der Waals surface area contributed by atoms with Crippen LogP contribution < -0.4 is 5.32 Å². The molecule has 2 amide bonds. The van der Waals surface area contributed by atoms with E-state index < -0.39 is 0 Å². The zero-order valence-corrected chi connectivity index (χ0v) is 15.1. The third-order valence-corrected chi connectivity index (χ3v) is 6.50. The van der Waals surface area contributed by atoms with Gasteiger partial charge < -0.3 is 10.2 Å². The van der Waals surface area contributed by atoms with Gasteiger partial charge in [-0.2, -0.15) is 0 Å². The van der Waals surface area contributed by atoms with E-state index in [9.17, 15) is 4.79 Å². The molecule has 3 nitrogen and oxygen atoms in total. The number of amides is 2. The van der Waals surface area contributed by atoms with Crippen LogP contribution in [0.15, 0.2) is 12.2 Å². The van der Waals surface area contributed by atoms with Crippen molar-refractivity contribution in [1.82, 2.24) is 10.2 Å². The minimum Gasteiger partial charge on any atom is -0.335 e. The van der Waals surface area contributed by atoms with Crippen molar-refractivity contribution >= 4 is 6.03 Å². The van der Waals surface area contributed by atoms with Crippen molar-refractivity contribution in [2.24, 2.45) is 23.7 Å². The summed E-state index contributed by atoms with van der Waals surface area (Å²) >= 11 is 0. The number of urea groups is 1. The lowest BCUT2D eigenvalue weighted by Gasteiger charge is -2.37. The largest absolute Gasteiger partial charge is 0.335 e. The molecule has 3 heteroatoms. The Kier molecular flexibility index (Phi) is 5.33. The number of rotatable bonds is 5. The van der Waals surface area contributed by atoms with Crippen molar-refractivity contribution in [1.29, 1.82) is 0 Å². The van der Waals surface area contributed by atoms with Gasteiger partial charge in [0.2, 0.25) is 0 Å². The zero-order chi connectivity index (χ0) is 16.4. The standard InChI is InChI=1S/C20H34N2O/c1-14(2)15(3)22(13-18-12-16-9-10-17(18)11-16)20(23)21-19-7-5-4-6-8-19/h9-10,14-19H,4-8,11-13H2,1-3H3,(H,21,23). The number of carbonyl (C=O) groups excluding carboxylic acids is 1. The van der Waals surface area contributed by atoms with Crippen molar-refractivity contribution in [3.63, 3.8) is 0 Å². The predicted molar refractivity (Wildman–Crippen MR) is 95.3 cm³/mol. The van der Waals surface area contributed by atoms with E-state index in [0.29, 0.717) is 29.8 Å². The molecule has 4 atom stereocenters. The minimum absolute atomic E-state index is 0.185. The van der Waals surface area contributed by atoms with Gasteiger partial charge in [-0.15, -0.1) is 0 Å². The molecular weight excluding hydrogens is 284 g/mol. The van der Waals surface area contributed by atoms with Gasteiger partial charge in [-0.3, -0.25) is 0 Å². The van der Waals surface area contributed by atoms with E-state index in [4.69, 9.17) is 0 Å². The second-order valence-electron chi connectivity index (χ2n) is 8.46. The average molecular weight is 319 g/mol. The van der Waals surface area contributed by atoms with Crippen LogP contribution >= 0.6 is 0 Å². The first-order chi connectivity index (χ1) is 11.0. The van der Waals surface area contributed by atoms with Crippen LogP contribution in [0.25, 0.3) is 0 Å². The van der Waals surface area contributed by atoms with Crippen LogP contribution in [0.3, 0.4) is 0 Å². The molecule has 0 aromatic rings. The first kappa shape index (κ1) is 16.9. The third-order valence-electron chi connectivity index (χ3n) is 6.50. The molecule has 3 aliphatic carbocycles. The molecule has 0 radical (unpaired) electrons. The summed E-state index contributed by atoms with van der Waals surface area (Å²) in [5.74, 6) is 2.66. The molecule has 3 rings (SSSR count). The van der Waals surface area contributed by atoms with Crippen LogP contribution in [0.1, 0.15) is 65.7 Å².